The molecule has 0 spiro atoms. The highest BCUT2D eigenvalue weighted by Gasteiger charge is 2.19. The van der Waals surface area contributed by atoms with E-state index >= 15 is 0 Å². The third-order valence-electron chi connectivity index (χ3n) is 2.27. The molecule has 0 aliphatic heterocycles. The Hall–Kier alpha value is -1.88. The molecule has 0 aliphatic rings. The largest absolute Gasteiger partial charge is 0.444 e. The summed E-state index contributed by atoms with van der Waals surface area (Å²) in [7, 11) is 0. The van der Waals surface area contributed by atoms with Gasteiger partial charge in [-0.2, -0.15) is 0 Å². The fraction of sp³-hybridized carbons (Fsp3) is 0.467. The van der Waals surface area contributed by atoms with Gasteiger partial charge in [0, 0.05) is 0 Å². The molecule has 0 aliphatic carbocycles. The highest BCUT2D eigenvalue weighted by molar-refractivity contribution is 5.68. The summed E-state index contributed by atoms with van der Waals surface area (Å²) in [5, 5.41) is 11.9. The Morgan fingerprint density at radius 3 is 2.30 bits per heavy atom. The van der Waals surface area contributed by atoms with Crippen molar-refractivity contribution in [1.29, 1.82) is 0 Å². The van der Waals surface area contributed by atoms with E-state index < -0.39 is 11.7 Å². The molecule has 1 aromatic rings. The van der Waals surface area contributed by atoms with Crippen LogP contribution < -0.4 is 5.32 Å². The van der Waals surface area contributed by atoms with E-state index in [1.165, 1.54) is 0 Å². The smallest absolute Gasteiger partial charge is 0.407 e. The van der Waals surface area contributed by atoms with Crippen LogP contribution in [0.4, 0.5) is 4.79 Å². The van der Waals surface area contributed by atoms with E-state index in [1.807, 2.05) is 37.1 Å². The SMILES string of the molecule is C=O.CC(C)(C)OC(=O)N[C@H](CO)Cc1ccccc1. The molecule has 1 rings (SSSR count). The van der Waals surface area contributed by atoms with Crippen molar-refractivity contribution in [3.05, 3.63) is 35.9 Å². The molecule has 0 radical (unpaired) electrons. The molecule has 2 N–H and O–H groups in total. The maximum absolute atomic E-state index is 11.6. The minimum Gasteiger partial charge on any atom is -0.444 e. The number of rotatable bonds is 4. The minimum atomic E-state index is -0.531. The fourth-order valence-corrected chi connectivity index (χ4v) is 1.53. The standard InChI is InChI=1S/C14H21NO3.CH2O/c1-14(2,3)18-13(17)15-12(10-16)9-11-7-5-4-6-8-11;1-2/h4-8,12,16H,9-10H2,1-3H3,(H,15,17);1H2/t12-;/m0./s1. The summed E-state index contributed by atoms with van der Waals surface area (Å²) in [6.45, 7) is 7.29. The van der Waals surface area contributed by atoms with Gasteiger partial charge in [0.05, 0.1) is 12.6 Å². The molecule has 0 saturated heterocycles. The van der Waals surface area contributed by atoms with Crippen molar-refractivity contribution in [3.8, 4) is 0 Å². The number of amides is 1. The van der Waals surface area contributed by atoms with Crippen molar-refractivity contribution in [2.24, 2.45) is 0 Å². The van der Waals surface area contributed by atoms with Gasteiger partial charge in [-0.25, -0.2) is 4.79 Å². The molecular formula is C15H23NO4. The Labute approximate surface area is 120 Å². The third-order valence-corrected chi connectivity index (χ3v) is 2.27. The Morgan fingerprint density at radius 2 is 1.85 bits per heavy atom. The lowest BCUT2D eigenvalue weighted by Gasteiger charge is -2.22. The molecule has 0 unspecified atom stereocenters. The first-order valence-electron chi connectivity index (χ1n) is 6.34. The second kappa shape index (κ2) is 9.09. The summed E-state index contributed by atoms with van der Waals surface area (Å²) in [6.07, 6.45) is 0.0776. The van der Waals surface area contributed by atoms with Crippen molar-refractivity contribution in [1.82, 2.24) is 5.32 Å². The van der Waals surface area contributed by atoms with E-state index in [-0.39, 0.29) is 12.6 Å². The van der Waals surface area contributed by atoms with Gasteiger partial charge in [0.1, 0.15) is 12.4 Å². The van der Waals surface area contributed by atoms with Crippen LogP contribution in [0.2, 0.25) is 0 Å². The van der Waals surface area contributed by atoms with Crippen molar-refractivity contribution >= 4 is 12.9 Å². The van der Waals surface area contributed by atoms with Gasteiger partial charge in [-0.3, -0.25) is 0 Å². The van der Waals surface area contributed by atoms with Crippen LogP contribution in [0.1, 0.15) is 26.3 Å². The number of aliphatic hydroxyl groups is 1. The number of alkyl carbamates (subject to hydrolysis) is 1. The molecule has 0 fully saturated rings. The Morgan fingerprint density at radius 1 is 1.30 bits per heavy atom. The monoisotopic (exact) mass is 281 g/mol. The van der Waals surface area contributed by atoms with Crippen LogP contribution in [0, 0.1) is 0 Å². The van der Waals surface area contributed by atoms with E-state index in [2.05, 4.69) is 5.32 Å². The van der Waals surface area contributed by atoms with Crippen LogP contribution in [0.5, 0.6) is 0 Å². The molecule has 1 aromatic carbocycles. The summed E-state index contributed by atoms with van der Waals surface area (Å²) >= 11 is 0. The number of carbonyl (C=O) groups is 2. The van der Waals surface area contributed by atoms with Crippen LogP contribution in [0.25, 0.3) is 0 Å². The van der Waals surface area contributed by atoms with E-state index in [9.17, 15) is 9.90 Å². The number of nitrogens with one attached hydrogen (secondary N) is 1. The average molecular weight is 281 g/mol. The zero-order valence-corrected chi connectivity index (χ0v) is 12.3. The number of benzene rings is 1. The molecule has 20 heavy (non-hydrogen) atoms. The lowest BCUT2D eigenvalue weighted by Crippen LogP contribution is -2.42. The molecule has 112 valence electrons. The highest BCUT2D eigenvalue weighted by atomic mass is 16.6. The van der Waals surface area contributed by atoms with Gasteiger partial charge in [0.25, 0.3) is 0 Å². The summed E-state index contributed by atoms with van der Waals surface area (Å²) in [4.78, 5) is 19.6. The fourth-order valence-electron chi connectivity index (χ4n) is 1.53. The molecule has 1 amide bonds. The summed E-state index contributed by atoms with van der Waals surface area (Å²) in [5.74, 6) is 0. The lowest BCUT2D eigenvalue weighted by molar-refractivity contribution is -0.0980. The van der Waals surface area contributed by atoms with Crippen LogP contribution >= 0.6 is 0 Å². The number of hydrogen-bond acceptors (Lipinski definition) is 4. The average Bonchev–Trinajstić information content (AvgIpc) is 2.39. The zero-order chi connectivity index (χ0) is 15.6. The van der Waals surface area contributed by atoms with E-state index in [0.717, 1.165) is 5.56 Å². The van der Waals surface area contributed by atoms with Crippen molar-refractivity contribution < 1.29 is 19.4 Å². The molecular weight excluding hydrogens is 258 g/mol. The normalized spacial score (nSPS) is 11.8. The second-order valence-electron chi connectivity index (χ2n) is 5.22. The van der Waals surface area contributed by atoms with Gasteiger partial charge in [0.2, 0.25) is 0 Å². The van der Waals surface area contributed by atoms with Crippen LogP contribution in [0.3, 0.4) is 0 Å². The molecule has 0 bridgehead atoms. The molecule has 5 nitrogen and oxygen atoms in total. The first-order chi connectivity index (χ1) is 9.40. The van der Waals surface area contributed by atoms with Crippen molar-refractivity contribution in [2.75, 3.05) is 6.61 Å². The first-order valence-corrected chi connectivity index (χ1v) is 6.34. The van der Waals surface area contributed by atoms with Crippen molar-refractivity contribution in [2.45, 2.75) is 38.8 Å². The second-order valence-corrected chi connectivity index (χ2v) is 5.22. The van der Waals surface area contributed by atoms with Crippen LogP contribution in [-0.4, -0.2) is 36.2 Å². The minimum absolute atomic E-state index is 0.117. The number of hydrogen-bond donors (Lipinski definition) is 2. The molecule has 5 heteroatoms. The molecule has 0 aromatic heterocycles. The van der Waals surface area contributed by atoms with Gasteiger partial charge >= 0.3 is 6.09 Å². The third kappa shape index (κ3) is 8.26. The number of ether oxygens (including phenoxy) is 1. The number of aliphatic hydroxyl groups excluding tert-OH is 1. The Bertz CT molecular complexity index is 387. The van der Waals surface area contributed by atoms with Crippen molar-refractivity contribution in [3.63, 3.8) is 0 Å². The summed E-state index contributed by atoms with van der Waals surface area (Å²) in [6, 6.07) is 9.37. The zero-order valence-electron chi connectivity index (χ0n) is 12.3. The Balaban J connectivity index is 0.00000172. The van der Waals surface area contributed by atoms with E-state index in [0.29, 0.717) is 6.42 Å². The maximum atomic E-state index is 11.6. The van der Waals surface area contributed by atoms with Crippen LogP contribution in [0.15, 0.2) is 30.3 Å². The van der Waals surface area contributed by atoms with Gasteiger partial charge in [-0.05, 0) is 32.8 Å². The molecule has 1 atom stereocenters. The number of carbonyl (C=O) groups excluding carboxylic acids is 2. The van der Waals surface area contributed by atoms with E-state index in [1.54, 1.807) is 20.8 Å². The maximum Gasteiger partial charge on any atom is 0.407 e. The topological polar surface area (TPSA) is 75.6 Å². The van der Waals surface area contributed by atoms with E-state index in [4.69, 9.17) is 9.53 Å². The lowest BCUT2D eigenvalue weighted by atomic mass is 10.1. The summed E-state index contributed by atoms with van der Waals surface area (Å²) < 4.78 is 5.15. The van der Waals surface area contributed by atoms with Gasteiger partial charge in [-0.15, -0.1) is 0 Å². The highest BCUT2D eigenvalue weighted by Crippen LogP contribution is 2.08. The van der Waals surface area contributed by atoms with Gasteiger partial charge in [0.15, 0.2) is 0 Å². The molecule has 0 heterocycles. The summed E-state index contributed by atoms with van der Waals surface area (Å²) in [5.41, 5.74) is 0.532. The Kier molecular flexibility index (Phi) is 8.24. The predicted molar refractivity (Wildman–Crippen MR) is 77.5 cm³/mol. The molecule has 0 saturated carbocycles. The van der Waals surface area contributed by atoms with Crippen LogP contribution in [-0.2, 0) is 16.0 Å². The van der Waals surface area contributed by atoms with Gasteiger partial charge in [-0.1, -0.05) is 30.3 Å². The van der Waals surface area contributed by atoms with Gasteiger partial charge < -0.3 is 20.0 Å². The quantitative estimate of drug-likeness (QED) is 0.884. The first kappa shape index (κ1) is 18.1. The predicted octanol–water partition coefficient (Wildman–Crippen LogP) is 1.93.